The Bertz CT molecular complexity index is 422. The zero-order chi connectivity index (χ0) is 13.9. The van der Waals surface area contributed by atoms with Gasteiger partial charge in [0.1, 0.15) is 0 Å². The van der Waals surface area contributed by atoms with Crippen LogP contribution in [0.5, 0.6) is 0 Å². The monoisotopic (exact) mass is 288 g/mol. The zero-order valence-electron chi connectivity index (χ0n) is 11.6. The van der Waals surface area contributed by atoms with Gasteiger partial charge in [0.05, 0.1) is 17.5 Å². The summed E-state index contributed by atoms with van der Waals surface area (Å²) < 4.78 is 23.4. The predicted molar refractivity (Wildman–Crippen MR) is 74.7 cm³/mol. The smallest absolute Gasteiger partial charge is 0.239 e. The molecule has 1 amide bonds. The van der Waals surface area contributed by atoms with Gasteiger partial charge in [-0.15, -0.1) is 0 Å². The van der Waals surface area contributed by atoms with Crippen LogP contribution in [-0.2, 0) is 14.6 Å². The quantitative estimate of drug-likeness (QED) is 0.820. The Morgan fingerprint density at radius 3 is 2.79 bits per heavy atom. The molecule has 6 heteroatoms. The van der Waals surface area contributed by atoms with Crippen molar-refractivity contribution in [3.63, 3.8) is 0 Å². The first-order valence-corrected chi connectivity index (χ1v) is 9.10. The van der Waals surface area contributed by atoms with E-state index in [4.69, 9.17) is 0 Å². The highest BCUT2D eigenvalue weighted by Gasteiger charge is 2.36. The highest BCUT2D eigenvalue weighted by molar-refractivity contribution is 7.91. The maximum atomic E-state index is 12.4. The number of hydrogen-bond acceptors (Lipinski definition) is 4. The van der Waals surface area contributed by atoms with E-state index < -0.39 is 9.84 Å². The fourth-order valence-corrected chi connectivity index (χ4v) is 4.72. The number of nitrogens with zero attached hydrogens (tertiary/aromatic N) is 1. The lowest BCUT2D eigenvalue weighted by Gasteiger charge is -2.39. The Balaban J connectivity index is 2.01. The van der Waals surface area contributed by atoms with Crippen LogP contribution in [0.25, 0.3) is 0 Å². The molecule has 0 radical (unpaired) electrons. The van der Waals surface area contributed by atoms with E-state index >= 15 is 0 Å². The highest BCUT2D eigenvalue weighted by Crippen LogP contribution is 2.22. The Morgan fingerprint density at radius 2 is 2.11 bits per heavy atom. The molecule has 110 valence electrons. The Morgan fingerprint density at radius 1 is 1.32 bits per heavy atom. The molecule has 0 spiro atoms. The minimum atomic E-state index is -2.95. The lowest BCUT2D eigenvalue weighted by molar-refractivity contribution is -0.138. The van der Waals surface area contributed by atoms with E-state index in [0.717, 1.165) is 32.2 Å². The van der Waals surface area contributed by atoms with E-state index in [0.29, 0.717) is 13.0 Å². The molecule has 19 heavy (non-hydrogen) atoms. The molecule has 1 N–H and O–H groups in total. The van der Waals surface area contributed by atoms with Gasteiger partial charge in [-0.1, -0.05) is 6.92 Å². The van der Waals surface area contributed by atoms with Gasteiger partial charge >= 0.3 is 0 Å². The van der Waals surface area contributed by atoms with Gasteiger partial charge in [-0.25, -0.2) is 8.42 Å². The summed E-state index contributed by atoms with van der Waals surface area (Å²) in [5, 5.41) is 3.27. The summed E-state index contributed by atoms with van der Waals surface area (Å²) in [6.45, 7) is 3.63. The largest absolute Gasteiger partial charge is 0.337 e. The number of hydrogen-bond donors (Lipinski definition) is 1. The van der Waals surface area contributed by atoms with Gasteiger partial charge in [0.15, 0.2) is 9.84 Å². The van der Waals surface area contributed by atoms with E-state index in [1.807, 2.05) is 4.90 Å². The average molecular weight is 288 g/mol. The van der Waals surface area contributed by atoms with E-state index in [1.54, 1.807) is 0 Å². The molecular formula is C13H24N2O3S. The van der Waals surface area contributed by atoms with Crippen LogP contribution in [0.15, 0.2) is 0 Å². The minimum Gasteiger partial charge on any atom is -0.337 e. The van der Waals surface area contributed by atoms with Gasteiger partial charge in [0.2, 0.25) is 5.91 Å². The molecule has 2 unspecified atom stereocenters. The summed E-state index contributed by atoms with van der Waals surface area (Å²) in [5.74, 6) is 0.532. The molecule has 2 aliphatic rings. The van der Waals surface area contributed by atoms with Crippen molar-refractivity contribution in [2.24, 2.45) is 0 Å². The van der Waals surface area contributed by atoms with Crippen LogP contribution in [0.1, 0.15) is 39.0 Å². The van der Waals surface area contributed by atoms with E-state index in [9.17, 15) is 13.2 Å². The number of nitrogens with one attached hydrogen (secondary N) is 1. The number of rotatable bonds is 4. The number of carbonyl (C=O) groups is 1. The van der Waals surface area contributed by atoms with Gasteiger partial charge in [-0.2, -0.15) is 0 Å². The third-order valence-electron chi connectivity index (χ3n) is 3.99. The maximum Gasteiger partial charge on any atom is 0.239 e. The van der Waals surface area contributed by atoms with Gasteiger partial charge in [0.25, 0.3) is 0 Å². The number of likely N-dealkylation sites (tertiary alicyclic amines) is 1. The fraction of sp³-hybridized carbons (Fsp3) is 0.923. The molecule has 2 rings (SSSR count). The fourth-order valence-electron chi connectivity index (χ4n) is 3.01. The number of carbonyl (C=O) groups excluding carboxylic acids is 1. The van der Waals surface area contributed by atoms with Crippen LogP contribution >= 0.6 is 0 Å². The predicted octanol–water partition coefficient (Wildman–Crippen LogP) is 0.554. The van der Waals surface area contributed by atoms with Crippen molar-refractivity contribution in [2.45, 2.75) is 51.1 Å². The van der Waals surface area contributed by atoms with Gasteiger partial charge < -0.3 is 10.2 Å². The molecular weight excluding hydrogens is 264 g/mol. The van der Waals surface area contributed by atoms with Crippen LogP contribution < -0.4 is 5.32 Å². The van der Waals surface area contributed by atoms with Crippen LogP contribution in [0.4, 0.5) is 0 Å². The lowest BCUT2D eigenvalue weighted by atomic mass is 10.0. The van der Waals surface area contributed by atoms with Crippen LogP contribution in [-0.4, -0.2) is 55.9 Å². The molecule has 0 aromatic carbocycles. The Labute approximate surface area is 115 Å². The molecule has 2 fully saturated rings. The first kappa shape index (κ1) is 14.8. The first-order valence-electron chi connectivity index (χ1n) is 7.28. The van der Waals surface area contributed by atoms with Crippen molar-refractivity contribution in [2.75, 3.05) is 24.6 Å². The minimum absolute atomic E-state index is 0.0989. The molecule has 2 heterocycles. The van der Waals surface area contributed by atoms with E-state index in [2.05, 4.69) is 12.2 Å². The Hall–Kier alpha value is -0.620. The molecule has 0 bridgehead atoms. The van der Waals surface area contributed by atoms with Crippen molar-refractivity contribution < 1.29 is 13.2 Å². The van der Waals surface area contributed by atoms with Crippen molar-refractivity contribution in [1.82, 2.24) is 10.2 Å². The van der Waals surface area contributed by atoms with Crippen molar-refractivity contribution in [3.8, 4) is 0 Å². The molecule has 5 nitrogen and oxygen atoms in total. The normalized spacial score (nSPS) is 31.4. The summed E-state index contributed by atoms with van der Waals surface area (Å²) in [4.78, 5) is 14.2. The third kappa shape index (κ3) is 3.69. The highest BCUT2D eigenvalue weighted by atomic mass is 32.2. The second-order valence-corrected chi connectivity index (χ2v) is 7.82. The van der Waals surface area contributed by atoms with E-state index in [1.165, 1.54) is 0 Å². The lowest BCUT2D eigenvalue weighted by Crippen LogP contribution is -2.56. The first-order chi connectivity index (χ1) is 9.03. The van der Waals surface area contributed by atoms with Crippen molar-refractivity contribution >= 4 is 15.7 Å². The van der Waals surface area contributed by atoms with Crippen LogP contribution in [0.3, 0.4) is 0 Å². The van der Waals surface area contributed by atoms with Gasteiger partial charge in [-0.05, 0) is 38.6 Å². The molecule has 0 aromatic rings. The van der Waals surface area contributed by atoms with Crippen molar-refractivity contribution in [3.05, 3.63) is 0 Å². The van der Waals surface area contributed by atoms with Crippen LogP contribution in [0, 0.1) is 0 Å². The average Bonchev–Trinajstić information content (AvgIpc) is 2.36. The van der Waals surface area contributed by atoms with Gasteiger partial charge in [-0.3, -0.25) is 4.79 Å². The van der Waals surface area contributed by atoms with E-state index in [-0.39, 0.29) is 29.5 Å². The van der Waals surface area contributed by atoms with Crippen molar-refractivity contribution in [1.29, 1.82) is 0 Å². The number of piperidine rings is 1. The second kappa shape index (κ2) is 6.22. The van der Waals surface area contributed by atoms with Gasteiger partial charge in [0, 0.05) is 12.6 Å². The molecule has 2 saturated heterocycles. The number of amides is 1. The summed E-state index contributed by atoms with van der Waals surface area (Å²) in [6, 6.07) is -0.212. The second-order valence-electron chi connectivity index (χ2n) is 5.59. The summed E-state index contributed by atoms with van der Waals surface area (Å²) >= 11 is 0. The summed E-state index contributed by atoms with van der Waals surface area (Å²) in [7, 11) is -2.95. The molecule has 2 atom stereocenters. The molecule has 0 aliphatic carbocycles. The maximum absolute atomic E-state index is 12.4. The molecule has 2 aliphatic heterocycles. The summed E-state index contributed by atoms with van der Waals surface area (Å²) in [5.41, 5.74) is 0. The zero-order valence-corrected chi connectivity index (χ0v) is 12.4. The summed E-state index contributed by atoms with van der Waals surface area (Å²) in [6.07, 6.45) is 4.34. The number of sulfone groups is 1. The SMILES string of the molecule is CCCNC1CCCN(C2CCCS(=O)(=O)C2)C1=O. The Kier molecular flexibility index (Phi) is 4.84. The third-order valence-corrected chi connectivity index (χ3v) is 5.80. The standard InChI is InChI=1S/C13H24N2O3S/c1-2-7-14-12-6-3-8-15(13(12)16)11-5-4-9-19(17,18)10-11/h11-12,14H,2-10H2,1H3. The topological polar surface area (TPSA) is 66.5 Å². The molecule has 0 aromatic heterocycles. The van der Waals surface area contributed by atoms with Crippen LogP contribution in [0.2, 0.25) is 0 Å². The molecule has 0 saturated carbocycles.